The van der Waals surface area contributed by atoms with Gasteiger partial charge in [-0.15, -0.1) is 10.2 Å². The van der Waals surface area contributed by atoms with Gasteiger partial charge in [0.15, 0.2) is 0 Å². The van der Waals surface area contributed by atoms with Crippen LogP contribution in [0.15, 0.2) is 54.7 Å². The Morgan fingerprint density at radius 3 is 2.59 bits per heavy atom. The highest BCUT2D eigenvalue weighted by Crippen LogP contribution is 2.20. The van der Waals surface area contributed by atoms with E-state index in [9.17, 15) is 0 Å². The van der Waals surface area contributed by atoms with Gasteiger partial charge >= 0.3 is 0 Å². The highest BCUT2D eigenvalue weighted by Gasteiger charge is 2.13. The molecule has 0 atom stereocenters. The maximum absolute atomic E-state index is 4.63. The van der Waals surface area contributed by atoms with Crippen LogP contribution in [0.4, 0.5) is 0 Å². The third-order valence-corrected chi connectivity index (χ3v) is 4.36. The number of aromatic nitrogens is 5. The van der Waals surface area contributed by atoms with Gasteiger partial charge in [0, 0.05) is 12.6 Å². The summed E-state index contributed by atoms with van der Waals surface area (Å²) in [6.07, 6.45) is 3.63. The lowest BCUT2D eigenvalue weighted by atomic mass is 10.1. The largest absolute Gasteiger partial charge is 0.253 e. The summed E-state index contributed by atoms with van der Waals surface area (Å²) < 4.78 is 1.79. The van der Waals surface area contributed by atoms with Crippen LogP contribution in [0.5, 0.6) is 0 Å². The molecule has 0 amide bonds. The zero-order valence-electron chi connectivity index (χ0n) is 11.8. The van der Waals surface area contributed by atoms with Crippen molar-refractivity contribution in [2.45, 2.75) is 12.8 Å². The van der Waals surface area contributed by atoms with Gasteiger partial charge < -0.3 is 0 Å². The smallest absolute Gasteiger partial charge is 0.235 e. The zero-order chi connectivity index (χ0) is 14.8. The standard InChI is InChI=1S/C16H13N5S/c1-2-6-12(7-3-1)9-10-14-20-21-15(18-19-16(21)22-14)13-8-4-5-11-17-13/h1-8,11H,9-10H2. The SMILES string of the molecule is c1ccc(CCc2nn3c(-c4ccccn4)nnc3s2)cc1. The number of aryl methyl sites for hydroxylation is 2. The number of pyridine rings is 1. The number of nitrogens with zero attached hydrogens (tertiary/aromatic N) is 5. The van der Waals surface area contributed by atoms with Crippen LogP contribution >= 0.6 is 11.3 Å². The van der Waals surface area contributed by atoms with E-state index in [1.807, 2.05) is 24.3 Å². The molecule has 6 heteroatoms. The lowest BCUT2D eigenvalue weighted by Crippen LogP contribution is -1.95. The molecule has 0 unspecified atom stereocenters. The van der Waals surface area contributed by atoms with E-state index in [0.717, 1.165) is 28.5 Å². The Hall–Kier alpha value is -2.60. The summed E-state index contributed by atoms with van der Waals surface area (Å²) in [6.45, 7) is 0. The van der Waals surface area contributed by atoms with Crippen molar-refractivity contribution in [3.8, 4) is 11.5 Å². The molecule has 0 spiro atoms. The maximum atomic E-state index is 4.63. The molecule has 0 bridgehead atoms. The van der Waals surface area contributed by atoms with Gasteiger partial charge in [0.25, 0.3) is 0 Å². The van der Waals surface area contributed by atoms with Crippen molar-refractivity contribution >= 4 is 16.3 Å². The molecule has 22 heavy (non-hydrogen) atoms. The molecule has 0 aliphatic carbocycles. The number of hydrogen-bond donors (Lipinski definition) is 0. The minimum absolute atomic E-state index is 0.692. The van der Waals surface area contributed by atoms with Gasteiger partial charge in [-0.25, -0.2) is 0 Å². The number of benzene rings is 1. The minimum atomic E-state index is 0.692. The second-order valence-electron chi connectivity index (χ2n) is 4.91. The van der Waals surface area contributed by atoms with Gasteiger partial charge in [0.1, 0.15) is 10.7 Å². The first-order valence-corrected chi connectivity index (χ1v) is 7.88. The first-order chi connectivity index (χ1) is 10.9. The quantitative estimate of drug-likeness (QED) is 0.581. The highest BCUT2D eigenvalue weighted by atomic mass is 32.1. The second kappa shape index (κ2) is 5.65. The van der Waals surface area contributed by atoms with E-state index in [-0.39, 0.29) is 0 Å². The van der Waals surface area contributed by atoms with E-state index >= 15 is 0 Å². The molecule has 0 aliphatic rings. The van der Waals surface area contributed by atoms with Crippen LogP contribution < -0.4 is 0 Å². The van der Waals surface area contributed by atoms with Crippen LogP contribution in [0.1, 0.15) is 10.6 Å². The molecule has 0 aliphatic heterocycles. The first kappa shape index (κ1) is 13.1. The zero-order valence-corrected chi connectivity index (χ0v) is 12.6. The average Bonchev–Trinajstić information content (AvgIpc) is 3.15. The Labute approximate surface area is 131 Å². The highest BCUT2D eigenvalue weighted by molar-refractivity contribution is 7.16. The van der Waals surface area contributed by atoms with Crippen molar-refractivity contribution in [3.63, 3.8) is 0 Å². The minimum Gasteiger partial charge on any atom is -0.253 e. The van der Waals surface area contributed by atoms with Crippen molar-refractivity contribution in [3.05, 3.63) is 65.3 Å². The predicted octanol–water partition coefficient (Wildman–Crippen LogP) is 3.03. The van der Waals surface area contributed by atoms with Gasteiger partial charge in [-0.3, -0.25) is 4.98 Å². The van der Waals surface area contributed by atoms with Crippen LogP contribution in [0, 0.1) is 0 Å². The predicted molar refractivity (Wildman–Crippen MR) is 85.7 cm³/mol. The molecule has 108 valence electrons. The first-order valence-electron chi connectivity index (χ1n) is 7.06. The summed E-state index contributed by atoms with van der Waals surface area (Å²) in [5.41, 5.74) is 2.10. The topological polar surface area (TPSA) is 56.0 Å². The van der Waals surface area contributed by atoms with E-state index in [0.29, 0.717) is 5.82 Å². The number of rotatable bonds is 4. The summed E-state index contributed by atoms with van der Waals surface area (Å²) >= 11 is 1.58. The molecule has 4 aromatic rings. The number of fused-ring (bicyclic) bond motifs is 1. The fourth-order valence-electron chi connectivity index (χ4n) is 2.31. The third-order valence-electron chi connectivity index (χ3n) is 3.40. The average molecular weight is 307 g/mol. The third kappa shape index (κ3) is 2.48. The van der Waals surface area contributed by atoms with Gasteiger partial charge in [-0.1, -0.05) is 47.7 Å². The molecule has 0 saturated carbocycles. The Morgan fingerprint density at radius 1 is 0.909 bits per heavy atom. The molecule has 1 aromatic carbocycles. The van der Waals surface area contributed by atoms with Crippen molar-refractivity contribution in [2.24, 2.45) is 0 Å². The van der Waals surface area contributed by atoms with E-state index in [4.69, 9.17) is 0 Å². The van der Waals surface area contributed by atoms with Crippen LogP contribution in [-0.2, 0) is 12.8 Å². The van der Waals surface area contributed by atoms with E-state index < -0.39 is 0 Å². The molecule has 0 N–H and O–H groups in total. The summed E-state index contributed by atoms with van der Waals surface area (Å²) in [4.78, 5) is 5.12. The summed E-state index contributed by atoms with van der Waals surface area (Å²) in [5.74, 6) is 0.692. The van der Waals surface area contributed by atoms with Crippen molar-refractivity contribution < 1.29 is 0 Å². The van der Waals surface area contributed by atoms with Gasteiger partial charge in [0.2, 0.25) is 10.8 Å². The lowest BCUT2D eigenvalue weighted by Gasteiger charge is -1.97. The molecule has 5 nitrogen and oxygen atoms in total. The van der Waals surface area contributed by atoms with Crippen LogP contribution in [0.25, 0.3) is 16.5 Å². The molecule has 0 radical (unpaired) electrons. The van der Waals surface area contributed by atoms with Gasteiger partial charge in [0.05, 0.1) is 0 Å². The molecular weight excluding hydrogens is 294 g/mol. The number of hydrogen-bond acceptors (Lipinski definition) is 5. The van der Waals surface area contributed by atoms with E-state index in [1.54, 1.807) is 22.0 Å². The summed E-state index contributed by atoms with van der Waals surface area (Å²) in [6, 6.07) is 16.2. The Bertz CT molecular complexity index is 883. The van der Waals surface area contributed by atoms with E-state index in [1.165, 1.54) is 5.56 Å². The molecule has 0 fully saturated rings. The molecular formula is C16H13N5S. The van der Waals surface area contributed by atoms with Crippen molar-refractivity contribution in [1.82, 2.24) is 24.8 Å². The Kier molecular flexibility index (Phi) is 3.36. The fraction of sp³-hybridized carbons (Fsp3) is 0.125. The fourth-order valence-corrected chi connectivity index (χ4v) is 3.14. The second-order valence-corrected chi connectivity index (χ2v) is 5.95. The summed E-state index contributed by atoms with van der Waals surface area (Å²) in [7, 11) is 0. The Morgan fingerprint density at radius 2 is 1.77 bits per heavy atom. The molecule has 4 rings (SSSR count). The van der Waals surface area contributed by atoms with Gasteiger partial charge in [-0.05, 0) is 24.1 Å². The normalized spacial score (nSPS) is 11.1. The van der Waals surface area contributed by atoms with Crippen molar-refractivity contribution in [1.29, 1.82) is 0 Å². The monoisotopic (exact) mass is 307 g/mol. The molecule has 3 aromatic heterocycles. The van der Waals surface area contributed by atoms with Crippen molar-refractivity contribution in [2.75, 3.05) is 0 Å². The Balaban J connectivity index is 1.60. The van der Waals surface area contributed by atoms with Crippen LogP contribution in [-0.4, -0.2) is 24.8 Å². The van der Waals surface area contributed by atoms with Crippen LogP contribution in [0.3, 0.4) is 0 Å². The summed E-state index contributed by atoms with van der Waals surface area (Å²) in [5, 5.41) is 14.1. The van der Waals surface area contributed by atoms with E-state index in [2.05, 4.69) is 44.5 Å². The maximum Gasteiger partial charge on any atom is 0.235 e. The van der Waals surface area contributed by atoms with Crippen LogP contribution in [0.2, 0.25) is 0 Å². The lowest BCUT2D eigenvalue weighted by molar-refractivity contribution is 0.863. The molecule has 0 saturated heterocycles. The van der Waals surface area contributed by atoms with Gasteiger partial charge in [-0.2, -0.15) is 9.61 Å². The molecule has 3 heterocycles.